The Morgan fingerprint density at radius 3 is 2.52 bits per heavy atom. The molecular weight excluding hydrogens is 359 g/mol. The molecule has 1 atom stereocenters. The maximum Gasteiger partial charge on any atom is 0.283 e. The normalized spacial score (nSPS) is 22.3. The predicted molar refractivity (Wildman–Crippen MR) is 91.8 cm³/mol. The Morgan fingerprint density at radius 1 is 1.13 bits per heavy atom. The molecule has 1 aromatic carbocycles. The number of halogens is 3. The van der Waals surface area contributed by atoms with Gasteiger partial charge in [-0.1, -0.05) is 41.7 Å². The van der Waals surface area contributed by atoms with Crippen LogP contribution < -0.4 is 4.90 Å². The van der Waals surface area contributed by atoms with Crippen LogP contribution in [0.5, 0.6) is 0 Å². The van der Waals surface area contributed by atoms with Crippen molar-refractivity contribution >= 4 is 52.3 Å². The average molecular weight is 374 g/mol. The number of benzene rings is 1. The van der Waals surface area contributed by atoms with Crippen molar-refractivity contribution in [1.82, 2.24) is 4.90 Å². The minimum absolute atomic E-state index is 0.0462. The minimum atomic E-state index is -0.547. The Morgan fingerprint density at radius 2 is 1.87 bits per heavy atom. The van der Waals surface area contributed by atoms with Crippen LogP contribution in [0.4, 0.5) is 5.69 Å². The standard InChI is InChI=1S/C16H15Cl3N2O2/c1-9-3-2-6-20(8-9)14-13(19)15(22)21(16(14)23)12-5-4-10(17)7-11(12)18/h4-5,7,9H,2-3,6,8H2,1H3. The van der Waals surface area contributed by atoms with E-state index in [1.54, 1.807) is 12.1 Å². The molecule has 0 radical (unpaired) electrons. The number of imide groups is 1. The minimum Gasteiger partial charge on any atom is -0.365 e. The number of hydrogen-bond acceptors (Lipinski definition) is 3. The smallest absolute Gasteiger partial charge is 0.283 e. The van der Waals surface area contributed by atoms with Crippen molar-refractivity contribution in [2.24, 2.45) is 5.92 Å². The zero-order valence-corrected chi connectivity index (χ0v) is 14.8. The lowest BCUT2D eigenvalue weighted by Crippen LogP contribution is -2.39. The fraction of sp³-hybridized carbons (Fsp3) is 0.375. The van der Waals surface area contributed by atoms with E-state index in [9.17, 15) is 9.59 Å². The first-order valence-corrected chi connectivity index (χ1v) is 8.52. The Kier molecular flexibility index (Phi) is 4.59. The molecule has 2 aliphatic rings. The van der Waals surface area contributed by atoms with Gasteiger partial charge in [0, 0.05) is 18.1 Å². The van der Waals surface area contributed by atoms with E-state index in [0.717, 1.165) is 24.3 Å². The Hall–Kier alpha value is -1.23. The first kappa shape index (κ1) is 16.6. The van der Waals surface area contributed by atoms with Gasteiger partial charge >= 0.3 is 0 Å². The van der Waals surface area contributed by atoms with Crippen molar-refractivity contribution < 1.29 is 9.59 Å². The number of piperidine rings is 1. The van der Waals surface area contributed by atoms with E-state index in [1.807, 2.05) is 4.90 Å². The van der Waals surface area contributed by atoms with E-state index < -0.39 is 11.8 Å². The van der Waals surface area contributed by atoms with Gasteiger partial charge in [-0.05, 0) is 37.0 Å². The van der Waals surface area contributed by atoms with Crippen LogP contribution >= 0.6 is 34.8 Å². The third kappa shape index (κ3) is 2.95. The molecule has 0 aromatic heterocycles. The van der Waals surface area contributed by atoms with Crippen molar-refractivity contribution in [1.29, 1.82) is 0 Å². The second-order valence-corrected chi connectivity index (χ2v) is 7.12. The average Bonchev–Trinajstić information content (AvgIpc) is 2.70. The third-order valence-corrected chi connectivity index (χ3v) is 5.01. The van der Waals surface area contributed by atoms with Gasteiger partial charge < -0.3 is 4.90 Å². The third-order valence-electron chi connectivity index (χ3n) is 4.13. The zero-order chi connectivity index (χ0) is 16.7. The topological polar surface area (TPSA) is 40.6 Å². The zero-order valence-electron chi connectivity index (χ0n) is 12.5. The summed E-state index contributed by atoms with van der Waals surface area (Å²) in [5.74, 6) is -0.524. The number of hydrogen-bond donors (Lipinski definition) is 0. The second kappa shape index (κ2) is 6.34. The number of likely N-dealkylation sites (tertiary alicyclic amines) is 1. The summed E-state index contributed by atoms with van der Waals surface area (Å²) < 4.78 is 0. The van der Waals surface area contributed by atoms with E-state index in [2.05, 4.69) is 6.92 Å². The van der Waals surface area contributed by atoms with Crippen molar-refractivity contribution in [3.63, 3.8) is 0 Å². The quantitative estimate of drug-likeness (QED) is 0.734. The molecule has 0 saturated carbocycles. The molecule has 2 amide bonds. The highest BCUT2D eigenvalue weighted by molar-refractivity contribution is 6.53. The lowest BCUT2D eigenvalue weighted by atomic mass is 10.00. The number of carbonyl (C=O) groups is 2. The van der Waals surface area contributed by atoms with Crippen LogP contribution in [0.15, 0.2) is 28.9 Å². The predicted octanol–water partition coefficient (Wildman–Crippen LogP) is 4.05. The van der Waals surface area contributed by atoms with Crippen LogP contribution in [0.2, 0.25) is 10.0 Å². The molecule has 1 unspecified atom stereocenters. The van der Waals surface area contributed by atoms with E-state index in [0.29, 0.717) is 23.2 Å². The van der Waals surface area contributed by atoms with E-state index in [4.69, 9.17) is 34.8 Å². The lowest BCUT2D eigenvalue weighted by molar-refractivity contribution is -0.121. The monoisotopic (exact) mass is 372 g/mol. The molecule has 1 aromatic rings. The van der Waals surface area contributed by atoms with Crippen molar-refractivity contribution in [2.75, 3.05) is 18.0 Å². The van der Waals surface area contributed by atoms with Gasteiger partial charge in [-0.25, -0.2) is 4.90 Å². The maximum atomic E-state index is 12.8. The van der Waals surface area contributed by atoms with E-state index in [-0.39, 0.29) is 15.8 Å². The molecule has 4 nitrogen and oxygen atoms in total. The van der Waals surface area contributed by atoms with Crippen LogP contribution in [0.3, 0.4) is 0 Å². The molecular formula is C16H15Cl3N2O2. The molecule has 122 valence electrons. The van der Waals surface area contributed by atoms with Crippen LogP contribution in [-0.2, 0) is 9.59 Å². The summed E-state index contributed by atoms with van der Waals surface area (Å²) in [5, 5.41) is 0.619. The number of carbonyl (C=O) groups excluding carboxylic acids is 2. The molecule has 2 heterocycles. The first-order chi connectivity index (χ1) is 10.9. The van der Waals surface area contributed by atoms with Gasteiger partial charge in [0.2, 0.25) is 0 Å². The van der Waals surface area contributed by atoms with Gasteiger partial charge in [-0.3, -0.25) is 9.59 Å². The highest BCUT2D eigenvalue weighted by Gasteiger charge is 2.42. The highest BCUT2D eigenvalue weighted by atomic mass is 35.5. The summed E-state index contributed by atoms with van der Waals surface area (Å²) in [6.45, 7) is 3.56. The SMILES string of the molecule is CC1CCCN(C2=C(Cl)C(=O)N(c3ccc(Cl)cc3Cl)C2=O)C1. The highest BCUT2D eigenvalue weighted by Crippen LogP contribution is 2.37. The Balaban J connectivity index is 1.95. The van der Waals surface area contributed by atoms with Gasteiger partial charge in [-0.2, -0.15) is 0 Å². The fourth-order valence-electron chi connectivity index (χ4n) is 3.04. The van der Waals surface area contributed by atoms with E-state index >= 15 is 0 Å². The van der Waals surface area contributed by atoms with Crippen molar-refractivity contribution in [3.8, 4) is 0 Å². The Bertz CT molecular complexity index is 717. The molecule has 0 aliphatic carbocycles. The lowest BCUT2D eigenvalue weighted by Gasteiger charge is -2.33. The van der Waals surface area contributed by atoms with Crippen LogP contribution in [0.1, 0.15) is 19.8 Å². The van der Waals surface area contributed by atoms with Crippen LogP contribution in [-0.4, -0.2) is 29.8 Å². The fourth-order valence-corrected chi connectivity index (χ4v) is 3.82. The molecule has 0 spiro atoms. The number of nitrogens with zero attached hydrogens (tertiary/aromatic N) is 2. The Labute approximate surface area is 149 Å². The summed E-state index contributed by atoms with van der Waals surface area (Å²) in [7, 11) is 0. The van der Waals surface area contributed by atoms with Gasteiger partial charge in [0.25, 0.3) is 11.8 Å². The molecule has 0 N–H and O–H groups in total. The molecule has 3 rings (SSSR count). The van der Waals surface area contributed by atoms with E-state index in [1.165, 1.54) is 6.07 Å². The first-order valence-electron chi connectivity index (χ1n) is 7.38. The number of anilines is 1. The maximum absolute atomic E-state index is 12.8. The molecule has 7 heteroatoms. The number of rotatable bonds is 2. The molecule has 1 saturated heterocycles. The molecule has 1 fully saturated rings. The molecule has 0 bridgehead atoms. The molecule has 2 aliphatic heterocycles. The summed E-state index contributed by atoms with van der Waals surface area (Å²) in [6, 6.07) is 4.62. The van der Waals surface area contributed by atoms with Gasteiger partial charge in [0.05, 0.1) is 10.7 Å². The summed E-state index contributed by atoms with van der Waals surface area (Å²) in [6.07, 6.45) is 2.08. The van der Waals surface area contributed by atoms with Gasteiger partial charge in [-0.15, -0.1) is 0 Å². The summed E-state index contributed by atoms with van der Waals surface area (Å²) >= 11 is 18.2. The molecule has 23 heavy (non-hydrogen) atoms. The number of amides is 2. The largest absolute Gasteiger partial charge is 0.365 e. The second-order valence-electron chi connectivity index (χ2n) is 5.90. The van der Waals surface area contributed by atoms with Crippen molar-refractivity contribution in [2.45, 2.75) is 19.8 Å². The van der Waals surface area contributed by atoms with Crippen molar-refractivity contribution in [3.05, 3.63) is 39.0 Å². The van der Waals surface area contributed by atoms with Crippen LogP contribution in [0.25, 0.3) is 0 Å². The van der Waals surface area contributed by atoms with Gasteiger partial charge in [0.15, 0.2) is 0 Å². The van der Waals surface area contributed by atoms with Gasteiger partial charge in [0.1, 0.15) is 10.7 Å². The van der Waals surface area contributed by atoms with Crippen LogP contribution in [0, 0.1) is 5.92 Å². The summed E-state index contributed by atoms with van der Waals surface area (Å²) in [5.41, 5.74) is 0.568. The summed E-state index contributed by atoms with van der Waals surface area (Å²) in [4.78, 5) is 28.2.